The molecule has 0 aliphatic heterocycles. The Labute approximate surface area is 59.2 Å². The van der Waals surface area contributed by atoms with Crippen molar-refractivity contribution < 1.29 is 17.2 Å². The molecule has 0 radical (unpaired) electrons. The predicted molar refractivity (Wildman–Crippen MR) is 32.9 cm³/mol. The summed E-state index contributed by atoms with van der Waals surface area (Å²) in [6.07, 6.45) is 0. The van der Waals surface area contributed by atoms with Gasteiger partial charge in [-0.3, -0.25) is 0 Å². The molecule has 0 fully saturated rings. The molecule has 0 unspecified atom stereocenters. The third kappa shape index (κ3) is 5.64. The van der Waals surface area contributed by atoms with Crippen LogP contribution in [0.5, 0.6) is 0 Å². The summed E-state index contributed by atoms with van der Waals surface area (Å²) < 4.78 is 7.12. The summed E-state index contributed by atoms with van der Waals surface area (Å²) in [4.78, 5) is 0. The van der Waals surface area contributed by atoms with Gasteiger partial charge in [-0.05, 0) is 0 Å². The van der Waals surface area contributed by atoms with Gasteiger partial charge in [0.05, 0.1) is 0 Å². The fraction of sp³-hybridized carbons (Fsp3) is 0. The first-order valence-corrected chi connectivity index (χ1v) is 8.59. The van der Waals surface area contributed by atoms with Gasteiger partial charge in [0.25, 0.3) is 0 Å². The number of nitrogens with zero attached hydrogens (tertiary/aromatic N) is 2. The summed E-state index contributed by atoms with van der Waals surface area (Å²) in [5, 5.41) is 0. The van der Waals surface area contributed by atoms with Gasteiger partial charge in [-0.2, -0.15) is 0 Å². The molecule has 0 aromatic rings. The van der Waals surface area contributed by atoms with E-state index in [1.807, 2.05) is 0 Å². The van der Waals surface area contributed by atoms with Crippen LogP contribution in [0.25, 0.3) is 0 Å². The van der Waals surface area contributed by atoms with Crippen molar-refractivity contribution in [3.8, 4) is 0 Å². The molecule has 0 saturated heterocycles. The van der Waals surface area contributed by atoms with Crippen molar-refractivity contribution in [2.24, 2.45) is 7.15 Å². The average Bonchev–Trinajstić information content (AvgIpc) is 1.41. The van der Waals surface area contributed by atoms with Gasteiger partial charge in [0.15, 0.2) is 0 Å². The minimum atomic E-state index is 0.0201. The van der Waals surface area contributed by atoms with Crippen molar-refractivity contribution in [1.29, 1.82) is 0 Å². The first-order chi connectivity index (χ1) is 2.41. The van der Waals surface area contributed by atoms with Crippen LogP contribution in [-0.4, -0.2) is 0 Å². The van der Waals surface area contributed by atoms with E-state index in [1.54, 1.807) is 0 Å². The quantitative estimate of drug-likeness (QED) is 0.519. The molecule has 0 N–H and O–H groups in total. The Bertz CT molecular complexity index is 49.6. The Morgan fingerprint density at radius 1 is 1.80 bits per heavy atom. The molecule has 0 aromatic carbocycles. The summed E-state index contributed by atoms with van der Waals surface area (Å²) in [5.41, 5.74) is 0. The third-order valence-corrected chi connectivity index (χ3v) is 2.22. The van der Waals surface area contributed by atoms with Gasteiger partial charge in [-0.15, -0.1) is 0 Å². The van der Waals surface area contributed by atoms with Crippen molar-refractivity contribution in [3.05, 3.63) is 0 Å². The van der Waals surface area contributed by atoms with E-state index in [4.69, 9.17) is 0 Å². The summed E-state index contributed by atoms with van der Waals surface area (Å²) >= 11 is 4.31. The first-order valence-electron chi connectivity index (χ1n) is 0.712. The number of hydrogen-bond acceptors (Lipinski definition) is 2. The zero-order valence-corrected chi connectivity index (χ0v) is 7.81. The van der Waals surface area contributed by atoms with Crippen LogP contribution >= 0.6 is 35.7 Å². The maximum atomic E-state index is 3.67. The summed E-state index contributed by atoms with van der Waals surface area (Å²) in [5.74, 6) is 0. The Morgan fingerprint density at radius 3 is 2.40 bits per heavy atom. The van der Waals surface area contributed by atoms with Gasteiger partial charge in [-0.25, -0.2) is 0 Å². The second-order valence-corrected chi connectivity index (χ2v) is 3.75. The summed E-state index contributed by atoms with van der Waals surface area (Å²) in [7, 11) is 0. The molecule has 0 aromatic heterocycles. The fourth-order valence-electron chi connectivity index (χ4n) is 0.0128. The van der Waals surface area contributed by atoms with Gasteiger partial charge in [0, 0.05) is 0 Å². The van der Waals surface area contributed by atoms with Crippen LogP contribution in [0, 0.1) is 0 Å². The Hall–Kier alpha value is 1.64. The predicted octanol–water partition coefficient (Wildman–Crippen LogP) is 2.14. The number of hydrogen-bond donors (Lipinski definition) is 0. The molecule has 0 rings (SSSR count). The standard InChI is InChI=1S/I2N2.V/c1-2-4-3;. The molecule has 0 heterocycles. The molecule has 0 aliphatic rings. The second-order valence-electron chi connectivity index (χ2n) is 0.229. The van der Waals surface area contributed by atoms with Crippen molar-refractivity contribution in [2.45, 2.75) is 0 Å². The van der Waals surface area contributed by atoms with Gasteiger partial charge < -0.3 is 0 Å². The van der Waals surface area contributed by atoms with E-state index in [2.05, 4.69) is 43.0 Å². The zero-order valence-electron chi connectivity index (χ0n) is 2.10. The molecule has 5 heteroatoms. The van der Waals surface area contributed by atoms with Crippen LogP contribution in [0.2, 0.25) is 0 Å². The van der Waals surface area contributed by atoms with Gasteiger partial charge in [-0.1, -0.05) is 0 Å². The molecule has 0 amide bonds. The zero-order chi connectivity index (χ0) is 4.12. The van der Waals surface area contributed by atoms with Crippen LogP contribution < -0.4 is 0 Å². The minimum absolute atomic E-state index is 0.0201. The molecule has 0 aliphatic carbocycles. The Morgan fingerprint density at radius 2 is 2.40 bits per heavy atom. The molecular formula is I2N2V. The van der Waals surface area contributed by atoms with Crippen LogP contribution in [-0.2, 0) is 17.2 Å². The van der Waals surface area contributed by atoms with E-state index in [1.165, 1.54) is 0 Å². The molecule has 0 atom stereocenters. The van der Waals surface area contributed by atoms with Crippen molar-refractivity contribution in [1.82, 2.24) is 0 Å². The van der Waals surface area contributed by atoms with Crippen LogP contribution in [0.3, 0.4) is 0 Å². The van der Waals surface area contributed by atoms with E-state index in [0.717, 1.165) is 0 Å². The van der Waals surface area contributed by atoms with Crippen molar-refractivity contribution in [2.75, 3.05) is 0 Å². The third-order valence-electron chi connectivity index (χ3n) is 0.0624. The van der Waals surface area contributed by atoms with E-state index < -0.39 is 0 Å². The molecule has 29 valence electrons. The normalized spacial score (nSPS) is 10.4. The van der Waals surface area contributed by atoms with E-state index >= 15 is 0 Å². The van der Waals surface area contributed by atoms with E-state index in [0.29, 0.717) is 0 Å². The molecule has 0 saturated carbocycles. The summed E-state index contributed by atoms with van der Waals surface area (Å²) in [6.45, 7) is 0. The molecule has 0 spiro atoms. The number of halogens is 2. The monoisotopic (exact) mass is 333 g/mol. The van der Waals surface area contributed by atoms with Gasteiger partial charge >= 0.3 is 60.1 Å². The SMILES string of the molecule is [V]=[N]N=II. The summed E-state index contributed by atoms with van der Waals surface area (Å²) in [6, 6.07) is 0. The first kappa shape index (κ1) is 6.64. The maximum absolute atomic E-state index is 3.67. The average molecular weight is 333 g/mol. The Kier molecular flexibility index (Phi) is 7.50. The number of rotatable bonds is 1. The van der Waals surface area contributed by atoms with Crippen molar-refractivity contribution in [3.63, 3.8) is 0 Å². The molecular weight excluding hydrogens is 333 g/mol. The van der Waals surface area contributed by atoms with Crippen LogP contribution in [0.15, 0.2) is 7.15 Å². The van der Waals surface area contributed by atoms with E-state index in [9.17, 15) is 0 Å². The molecule has 0 bridgehead atoms. The second kappa shape index (κ2) is 5.64. The van der Waals surface area contributed by atoms with Crippen molar-refractivity contribution >= 4 is 35.7 Å². The van der Waals surface area contributed by atoms with Gasteiger partial charge in [0.2, 0.25) is 0 Å². The fourth-order valence-corrected chi connectivity index (χ4v) is 2.37. The van der Waals surface area contributed by atoms with Gasteiger partial charge in [0.1, 0.15) is 0 Å². The van der Waals surface area contributed by atoms with Crippen LogP contribution in [0.1, 0.15) is 0 Å². The molecule has 2 nitrogen and oxygen atoms in total. The van der Waals surface area contributed by atoms with Crippen LogP contribution in [0.4, 0.5) is 0 Å². The Balaban J connectivity index is 2.92. The molecule has 5 heavy (non-hydrogen) atoms. The topological polar surface area (TPSA) is 24.7 Å². The van der Waals surface area contributed by atoms with E-state index in [-0.39, 0.29) is 17.1 Å².